The summed E-state index contributed by atoms with van der Waals surface area (Å²) in [5, 5.41) is 21.4. The highest BCUT2D eigenvalue weighted by Gasteiger charge is 2.69. The molecular formula is C30H48O3. The lowest BCUT2D eigenvalue weighted by Crippen LogP contribution is -2.65. The first-order chi connectivity index (χ1) is 15.1. The highest BCUT2D eigenvalue weighted by Crippen LogP contribution is 2.75. The molecule has 2 N–H and O–H groups in total. The Kier molecular flexibility index (Phi) is 4.99. The lowest BCUT2D eigenvalue weighted by molar-refractivity contribution is -0.205. The molecule has 0 aromatic rings. The van der Waals surface area contributed by atoms with Crippen LogP contribution in [0.4, 0.5) is 0 Å². The van der Waals surface area contributed by atoms with Gasteiger partial charge in [-0.3, -0.25) is 4.79 Å². The van der Waals surface area contributed by atoms with Gasteiger partial charge in [-0.2, -0.15) is 0 Å². The van der Waals surface area contributed by atoms with Gasteiger partial charge in [-0.05, 0) is 109 Å². The van der Waals surface area contributed by atoms with Crippen LogP contribution in [-0.2, 0) is 4.79 Å². The van der Waals surface area contributed by atoms with Gasteiger partial charge in [0.15, 0.2) is 0 Å². The molecule has 0 spiro atoms. The van der Waals surface area contributed by atoms with Crippen LogP contribution in [0, 0.1) is 50.2 Å². The van der Waals surface area contributed by atoms with E-state index in [4.69, 9.17) is 0 Å². The molecule has 4 fully saturated rings. The van der Waals surface area contributed by atoms with Crippen LogP contribution >= 0.6 is 0 Å². The van der Waals surface area contributed by atoms with E-state index in [-0.39, 0.29) is 39.1 Å². The van der Waals surface area contributed by atoms with E-state index in [1.807, 2.05) is 0 Å². The smallest absolute Gasteiger partial charge is 0.310 e. The Hall–Kier alpha value is -0.830. The van der Waals surface area contributed by atoms with E-state index < -0.39 is 11.4 Å². The summed E-state index contributed by atoms with van der Waals surface area (Å²) in [6.45, 7) is 16.9. The van der Waals surface area contributed by atoms with Crippen LogP contribution in [0.5, 0.6) is 0 Å². The third-order valence-corrected chi connectivity index (χ3v) is 13.0. The molecule has 5 rings (SSSR count). The molecule has 186 valence electrons. The number of carbonyl (C=O) groups is 1. The van der Waals surface area contributed by atoms with Crippen LogP contribution in [0.2, 0.25) is 0 Å². The standard InChI is InChI=1S/C30H48O3/c1-25(2)14-16-30(24(32)33)17-15-28(6)19(20(30)18-25)8-9-22-27(5)12-11-23(31)26(3,4)21(27)10-13-29(22,28)7/h8,20-23,31H,9-18H2,1-7H3,(H,32,33)/t20-,21-,22-,23-,27-,28+,29-,30+/m0/s1. The van der Waals surface area contributed by atoms with Gasteiger partial charge in [-0.15, -0.1) is 0 Å². The second kappa shape index (κ2) is 6.89. The first-order valence-electron chi connectivity index (χ1n) is 13.8. The Morgan fingerprint density at radius 1 is 0.879 bits per heavy atom. The van der Waals surface area contributed by atoms with Crippen molar-refractivity contribution in [3.63, 3.8) is 0 Å². The minimum Gasteiger partial charge on any atom is -0.481 e. The van der Waals surface area contributed by atoms with E-state index in [1.165, 1.54) is 18.4 Å². The second-order valence-electron chi connectivity index (χ2n) is 15.1. The normalized spacial score (nSPS) is 52.4. The predicted octanol–water partition coefficient (Wildman–Crippen LogP) is 7.23. The van der Waals surface area contributed by atoms with Crippen molar-refractivity contribution < 1.29 is 15.0 Å². The maximum atomic E-state index is 12.8. The number of allylic oxidation sites excluding steroid dienone is 2. The SMILES string of the molecule is CC1(C)CC[C@@]2(C(=O)O)CC[C@]3(C)C(=CC[C@H]4[C@@]5(C)CC[C@H](O)C(C)(C)[C@@H]5CC[C@@]43C)[C@@H]2C1. The van der Waals surface area contributed by atoms with Crippen molar-refractivity contribution in [2.75, 3.05) is 0 Å². The largest absolute Gasteiger partial charge is 0.481 e. The van der Waals surface area contributed by atoms with Gasteiger partial charge in [0.1, 0.15) is 0 Å². The average Bonchev–Trinajstić information content (AvgIpc) is 2.71. The van der Waals surface area contributed by atoms with Gasteiger partial charge in [0, 0.05) is 0 Å². The molecule has 33 heavy (non-hydrogen) atoms. The molecule has 0 unspecified atom stereocenters. The van der Waals surface area contributed by atoms with E-state index in [2.05, 4.69) is 54.5 Å². The maximum Gasteiger partial charge on any atom is 0.310 e. The second-order valence-corrected chi connectivity index (χ2v) is 15.1. The molecule has 0 aliphatic heterocycles. The Morgan fingerprint density at radius 3 is 2.21 bits per heavy atom. The van der Waals surface area contributed by atoms with Gasteiger partial charge in [0.05, 0.1) is 11.5 Å². The highest BCUT2D eigenvalue weighted by atomic mass is 16.4. The van der Waals surface area contributed by atoms with Gasteiger partial charge in [0.2, 0.25) is 0 Å². The third-order valence-electron chi connectivity index (χ3n) is 13.0. The first kappa shape index (κ1) is 23.9. The quantitative estimate of drug-likeness (QED) is 0.409. The minimum atomic E-state index is -0.553. The summed E-state index contributed by atoms with van der Waals surface area (Å²) < 4.78 is 0. The number of hydrogen-bond donors (Lipinski definition) is 2. The van der Waals surface area contributed by atoms with Crippen LogP contribution in [0.15, 0.2) is 11.6 Å². The highest BCUT2D eigenvalue weighted by molar-refractivity contribution is 5.76. The Labute approximate surface area is 201 Å². The Morgan fingerprint density at radius 2 is 1.55 bits per heavy atom. The zero-order valence-corrected chi connectivity index (χ0v) is 22.3. The zero-order valence-electron chi connectivity index (χ0n) is 22.3. The molecule has 0 aromatic heterocycles. The summed E-state index contributed by atoms with van der Waals surface area (Å²) in [5.74, 6) is 0.807. The Balaban J connectivity index is 1.60. The van der Waals surface area contributed by atoms with Crippen molar-refractivity contribution in [1.82, 2.24) is 0 Å². The Bertz CT molecular complexity index is 885. The topological polar surface area (TPSA) is 57.5 Å². The third kappa shape index (κ3) is 2.87. The fourth-order valence-electron chi connectivity index (χ4n) is 10.6. The van der Waals surface area contributed by atoms with Crippen molar-refractivity contribution in [2.45, 2.75) is 119 Å². The van der Waals surface area contributed by atoms with Crippen LogP contribution in [0.1, 0.15) is 113 Å². The fourth-order valence-corrected chi connectivity index (χ4v) is 10.6. The van der Waals surface area contributed by atoms with Crippen LogP contribution < -0.4 is 0 Å². The summed E-state index contributed by atoms with van der Waals surface area (Å²) >= 11 is 0. The molecule has 3 nitrogen and oxygen atoms in total. The van der Waals surface area contributed by atoms with Crippen molar-refractivity contribution in [1.29, 1.82) is 0 Å². The zero-order chi connectivity index (χ0) is 24.2. The number of carboxylic acids is 1. The molecule has 5 aliphatic rings. The molecule has 0 amide bonds. The van der Waals surface area contributed by atoms with Gasteiger partial charge in [-0.25, -0.2) is 0 Å². The number of fused-ring (bicyclic) bond motifs is 7. The molecule has 3 heteroatoms. The molecule has 0 aromatic carbocycles. The lowest BCUT2D eigenvalue weighted by Gasteiger charge is -2.71. The number of aliphatic hydroxyl groups is 1. The van der Waals surface area contributed by atoms with Crippen LogP contribution in [0.3, 0.4) is 0 Å². The summed E-state index contributed by atoms with van der Waals surface area (Å²) in [4.78, 5) is 12.8. The maximum absolute atomic E-state index is 12.8. The molecule has 4 saturated carbocycles. The number of hydrogen-bond acceptors (Lipinski definition) is 2. The summed E-state index contributed by atoms with van der Waals surface area (Å²) in [5.41, 5.74) is 1.68. The predicted molar refractivity (Wildman–Crippen MR) is 133 cm³/mol. The molecule has 0 bridgehead atoms. The minimum absolute atomic E-state index is 0.0301. The molecule has 0 radical (unpaired) electrons. The van der Waals surface area contributed by atoms with Crippen molar-refractivity contribution in [3.05, 3.63) is 11.6 Å². The first-order valence-corrected chi connectivity index (χ1v) is 13.8. The van der Waals surface area contributed by atoms with E-state index in [0.29, 0.717) is 11.8 Å². The van der Waals surface area contributed by atoms with Gasteiger partial charge in [0.25, 0.3) is 0 Å². The average molecular weight is 457 g/mol. The van der Waals surface area contributed by atoms with Crippen LogP contribution in [0.25, 0.3) is 0 Å². The molecule has 0 saturated heterocycles. The number of aliphatic carboxylic acids is 1. The van der Waals surface area contributed by atoms with Gasteiger partial charge < -0.3 is 10.2 Å². The number of rotatable bonds is 1. The number of carboxylic acid groups (broad SMARTS) is 1. The van der Waals surface area contributed by atoms with E-state index in [1.54, 1.807) is 0 Å². The molecule has 5 aliphatic carbocycles. The van der Waals surface area contributed by atoms with E-state index >= 15 is 0 Å². The summed E-state index contributed by atoms with van der Waals surface area (Å²) in [6.07, 6.45) is 12.6. The molecular weight excluding hydrogens is 408 g/mol. The van der Waals surface area contributed by atoms with Crippen molar-refractivity contribution >= 4 is 5.97 Å². The van der Waals surface area contributed by atoms with Crippen molar-refractivity contribution in [3.8, 4) is 0 Å². The van der Waals surface area contributed by atoms with Crippen molar-refractivity contribution in [2.24, 2.45) is 50.2 Å². The molecule has 0 heterocycles. The lowest BCUT2D eigenvalue weighted by atomic mass is 9.33. The van der Waals surface area contributed by atoms with E-state index in [0.717, 1.165) is 51.4 Å². The molecule has 8 atom stereocenters. The fraction of sp³-hybridized carbons (Fsp3) is 0.900. The monoisotopic (exact) mass is 456 g/mol. The van der Waals surface area contributed by atoms with Crippen LogP contribution in [-0.4, -0.2) is 22.3 Å². The summed E-state index contributed by atoms with van der Waals surface area (Å²) in [6, 6.07) is 0. The summed E-state index contributed by atoms with van der Waals surface area (Å²) in [7, 11) is 0. The van der Waals surface area contributed by atoms with Gasteiger partial charge in [-0.1, -0.05) is 60.1 Å². The van der Waals surface area contributed by atoms with Gasteiger partial charge >= 0.3 is 5.97 Å². The number of aliphatic hydroxyl groups excluding tert-OH is 1. The van der Waals surface area contributed by atoms with E-state index in [9.17, 15) is 15.0 Å².